The summed E-state index contributed by atoms with van der Waals surface area (Å²) in [4.78, 5) is 12.2. The van der Waals surface area contributed by atoms with Crippen LogP contribution in [0.25, 0.3) is 0 Å². The van der Waals surface area contributed by atoms with E-state index in [1.165, 1.54) is 11.6 Å². The minimum absolute atomic E-state index is 0.0696. The molecule has 0 heterocycles. The second-order valence-electron chi connectivity index (χ2n) is 5.13. The molecule has 0 bridgehead atoms. The third-order valence-electron chi connectivity index (χ3n) is 3.46. The Kier molecular flexibility index (Phi) is 5.68. The van der Waals surface area contributed by atoms with Crippen molar-refractivity contribution >= 4 is 11.6 Å². The van der Waals surface area contributed by atoms with E-state index in [2.05, 4.69) is 12.2 Å². The topological polar surface area (TPSA) is 38.3 Å². The van der Waals surface area contributed by atoms with Crippen molar-refractivity contribution in [1.29, 1.82) is 0 Å². The van der Waals surface area contributed by atoms with Gasteiger partial charge in [-0.25, -0.2) is 8.78 Å². The number of aryl methyl sites for hydroxylation is 1. The van der Waals surface area contributed by atoms with Crippen molar-refractivity contribution in [3.8, 4) is 5.75 Å². The van der Waals surface area contributed by atoms with Gasteiger partial charge in [0.2, 0.25) is 0 Å². The summed E-state index contributed by atoms with van der Waals surface area (Å²) >= 11 is 0. The molecule has 1 atom stereocenters. The van der Waals surface area contributed by atoms with Crippen LogP contribution in [-0.4, -0.2) is 12.0 Å². The molecule has 0 spiro atoms. The SMILES string of the molecule is CCc1ccc(O[C@H](CC)C(=O)Nc2ccc(F)cc2F)cc1. The standard InChI is InChI=1S/C18H19F2NO2/c1-3-12-5-8-14(9-6-12)23-17(4-2)18(22)21-16-10-7-13(19)11-15(16)20/h5-11,17H,3-4H2,1-2H3,(H,21,22)/t17-/m1/s1. The maximum atomic E-state index is 13.6. The Morgan fingerprint density at radius 2 is 1.83 bits per heavy atom. The Morgan fingerprint density at radius 3 is 2.39 bits per heavy atom. The van der Waals surface area contributed by atoms with E-state index in [9.17, 15) is 13.6 Å². The second kappa shape index (κ2) is 7.72. The lowest BCUT2D eigenvalue weighted by Gasteiger charge is -2.17. The van der Waals surface area contributed by atoms with Gasteiger partial charge in [0.25, 0.3) is 5.91 Å². The van der Waals surface area contributed by atoms with Crippen molar-refractivity contribution in [2.75, 3.05) is 5.32 Å². The van der Waals surface area contributed by atoms with E-state index >= 15 is 0 Å². The highest BCUT2D eigenvalue weighted by Gasteiger charge is 2.20. The van der Waals surface area contributed by atoms with Crippen LogP contribution in [0.2, 0.25) is 0 Å². The molecule has 2 aromatic rings. The number of amides is 1. The van der Waals surface area contributed by atoms with Crippen LogP contribution >= 0.6 is 0 Å². The molecule has 0 aliphatic heterocycles. The van der Waals surface area contributed by atoms with Gasteiger partial charge in [0.1, 0.15) is 17.4 Å². The smallest absolute Gasteiger partial charge is 0.265 e. The molecule has 23 heavy (non-hydrogen) atoms. The lowest BCUT2D eigenvalue weighted by Crippen LogP contribution is -2.32. The first kappa shape index (κ1) is 16.9. The van der Waals surface area contributed by atoms with Gasteiger partial charge < -0.3 is 10.1 Å². The molecular formula is C18H19F2NO2. The molecule has 0 aliphatic rings. The Morgan fingerprint density at radius 1 is 1.13 bits per heavy atom. The van der Waals surface area contributed by atoms with Crippen molar-refractivity contribution in [2.24, 2.45) is 0 Å². The summed E-state index contributed by atoms with van der Waals surface area (Å²) in [5.74, 6) is -1.42. The first-order valence-electron chi connectivity index (χ1n) is 7.55. The van der Waals surface area contributed by atoms with E-state index in [-0.39, 0.29) is 5.69 Å². The average molecular weight is 319 g/mol. The van der Waals surface area contributed by atoms with E-state index in [0.717, 1.165) is 18.6 Å². The number of hydrogen-bond donors (Lipinski definition) is 1. The van der Waals surface area contributed by atoms with E-state index < -0.39 is 23.6 Å². The fourth-order valence-corrected chi connectivity index (χ4v) is 2.09. The molecule has 1 N–H and O–H groups in total. The zero-order chi connectivity index (χ0) is 16.8. The van der Waals surface area contributed by atoms with Gasteiger partial charge in [-0.05, 0) is 42.7 Å². The van der Waals surface area contributed by atoms with Gasteiger partial charge in [-0.15, -0.1) is 0 Å². The third kappa shape index (κ3) is 4.52. The number of carbonyl (C=O) groups is 1. The number of ether oxygens (including phenoxy) is 1. The molecule has 0 fully saturated rings. The molecule has 0 aromatic heterocycles. The minimum Gasteiger partial charge on any atom is -0.481 e. The first-order valence-corrected chi connectivity index (χ1v) is 7.55. The lowest BCUT2D eigenvalue weighted by atomic mass is 10.1. The fraction of sp³-hybridized carbons (Fsp3) is 0.278. The maximum Gasteiger partial charge on any atom is 0.265 e. The van der Waals surface area contributed by atoms with E-state index in [1.807, 2.05) is 12.1 Å². The van der Waals surface area contributed by atoms with Crippen molar-refractivity contribution < 1.29 is 18.3 Å². The molecule has 1 amide bonds. The van der Waals surface area contributed by atoms with E-state index in [0.29, 0.717) is 12.2 Å². The van der Waals surface area contributed by atoms with Gasteiger partial charge in [0, 0.05) is 6.07 Å². The molecule has 0 unspecified atom stereocenters. The van der Waals surface area contributed by atoms with E-state index in [1.54, 1.807) is 19.1 Å². The summed E-state index contributed by atoms with van der Waals surface area (Å²) in [5.41, 5.74) is 1.10. The molecule has 5 heteroatoms. The predicted octanol–water partition coefficient (Wildman–Crippen LogP) is 4.32. The zero-order valence-electron chi connectivity index (χ0n) is 13.1. The van der Waals surface area contributed by atoms with Crippen LogP contribution in [0.15, 0.2) is 42.5 Å². The number of benzene rings is 2. The van der Waals surface area contributed by atoms with Crippen LogP contribution in [0, 0.1) is 11.6 Å². The molecule has 3 nitrogen and oxygen atoms in total. The molecule has 2 rings (SSSR count). The van der Waals surface area contributed by atoms with Crippen LogP contribution in [0.3, 0.4) is 0 Å². The summed E-state index contributed by atoms with van der Waals surface area (Å²) in [5, 5.41) is 2.43. The van der Waals surface area contributed by atoms with Crippen molar-refractivity contribution in [3.05, 3.63) is 59.7 Å². The highest BCUT2D eigenvalue weighted by atomic mass is 19.1. The van der Waals surface area contributed by atoms with E-state index in [4.69, 9.17) is 4.74 Å². The summed E-state index contributed by atoms with van der Waals surface area (Å²) in [6.07, 6.45) is 0.582. The van der Waals surface area contributed by atoms with Crippen molar-refractivity contribution in [3.63, 3.8) is 0 Å². The molecule has 0 saturated heterocycles. The normalized spacial score (nSPS) is 11.8. The molecule has 0 aliphatic carbocycles. The average Bonchev–Trinajstić information content (AvgIpc) is 2.55. The Hall–Kier alpha value is -2.43. The zero-order valence-corrected chi connectivity index (χ0v) is 13.1. The quantitative estimate of drug-likeness (QED) is 0.861. The minimum atomic E-state index is -0.819. The van der Waals surface area contributed by atoms with Gasteiger partial charge in [0.05, 0.1) is 5.69 Å². The molecule has 2 aromatic carbocycles. The van der Waals surface area contributed by atoms with Gasteiger partial charge in [-0.3, -0.25) is 4.79 Å². The second-order valence-corrected chi connectivity index (χ2v) is 5.13. The van der Waals surface area contributed by atoms with Crippen LogP contribution in [0.4, 0.5) is 14.5 Å². The first-order chi connectivity index (χ1) is 11.0. The monoisotopic (exact) mass is 319 g/mol. The molecule has 0 saturated carbocycles. The number of rotatable bonds is 6. The van der Waals surface area contributed by atoms with Crippen LogP contribution in [0.5, 0.6) is 5.75 Å². The summed E-state index contributed by atoms with van der Waals surface area (Å²) < 4.78 is 32.1. The Labute approximate surface area is 134 Å². The highest BCUT2D eigenvalue weighted by molar-refractivity contribution is 5.94. The maximum absolute atomic E-state index is 13.6. The number of anilines is 1. The van der Waals surface area contributed by atoms with Crippen molar-refractivity contribution in [2.45, 2.75) is 32.8 Å². The van der Waals surface area contributed by atoms with Crippen LogP contribution in [0.1, 0.15) is 25.8 Å². The van der Waals surface area contributed by atoms with Crippen molar-refractivity contribution in [1.82, 2.24) is 0 Å². The van der Waals surface area contributed by atoms with Gasteiger partial charge in [-0.2, -0.15) is 0 Å². The van der Waals surface area contributed by atoms with Gasteiger partial charge in [0.15, 0.2) is 6.10 Å². The Balaban J connectivity index is 2.05. The lowest BCUT2D eigenvalue weighted by molar-refractivity contribution is -0.122. The molecule has 0 radical (unpaired) electrons. The summed E-state index contributed by atoms with van der Waals surface area (Å²) in [6.45, 7) is 3.85. The molecule has 122 valence electrons. The summed E-state index contributed by atoms with van der Waals surface area (Å²) in [7, 11) is 0. The number of carbonyl (C=O) groups excluding carboxylic acids is 1. The Bertz CT molecular complexity index is 671. The van der Waals surface area contributed by atoms with Crippen LogP contribution in [-0.2, 0) is 11.2 Å². The number of halogens is 2. The predicted molar refractivity (Wildman–Crippen MR) is 85.5 cm³/mol. The van der Waals surface area contributed by atoms with Gasteiger partial charge >= 0.3 is 0 Å². The number of nitrogens with one attached hydrogen (secondary N) is 1. The molecular weight excluding hydrogens is 300 g/mol. The largest absolute Gasteiger partial charge is 0.481 e. The van der Waals surface area contributed by atoms with Gasteiger partial charge in [-0.1, -0.05) is 26.0 Å². The highest BCUT2D eigenvalue weighted by Crippen LogP contribution is 2.18. The third-order valence-corrected chi connectivity index (χ3v) is 3.46. The van der Waals surface area contributed by atoms with Crippen LogP contribution < -0.4 is 10.1 Å². The summed E-state index contributed by atoms with van der Waals surface area (Å²) in [6, 6.07) is 10.5. The number of hydrogen-bond acceptors (Lipinski definition) is 2. The fourth-order valence-electron chi connectivity index (χ4n) is 2.09.